The maximum absolute atomic E-state index is 16.1. The molecule has 5 nitrogen and oxygen atoms in total. The monoisotopic (exact) mass is 939 g/mol. The van der Waals surface area contributed by atoms with Crippen LogP contribution in [0.1, 0.15) is 284 Å². The molecule has 0 spiro atoms. The van der Waals surface area contributed by atoms with E-state index >= 15 is 4.79 Å². The van der Waals surface area contributed by atoms with E-state index in [4.69, 9.17) is 4.74 Å². The fraction of sp³-hybridized carbons (Fsp3) is 0.698. The lowest BCUT2D eigenvalue weighted by Gasteiger charge is -2.39. The van der Waals surface area contributed by atoms with Crippen molar-refractivity contribution in [3.8, 4) is 17.2 Å². The lowest BCUT2D eigenvalue weighted by molar-refractivity contribution is -0.149. The molecule has 3 aromatic rings. The highest BCUT2D eigenvalue weighted by Crippen LogP contribution is 2.50. The number of hydrogen-bond acceptors (Lipinski definition) is 5. The third-order valence-corrected chi connectivity index (χ3v) is 14.3. The van der Waals surface area contributed by atoms with Gasteiger partial charge in [-0.05, 0) is 95.4 Å². The van der Waals surface area contributed by atoms with Crippen LogP contribution in [0.3, 0.4) is 0 Å². The van der Waals surface area contributed by atoms with Crippen LogP contribution in [0.15, 0.2) is 36.4 Å². The van der Waals surface area contributed by atoms with Gasteiger partial charge in [0.05, 0.1) is 6.61 Å². The first-order chi connectivity index (χ1) is 31.2. The highest BCUT2D eigenvalue weighted by atomic mass is 16.5. The minimum Gasteiger partial charge on any atom is -0.507 e. The summed E-state index contributed by atoms with van der Waals surface area (Å²) in [4.78, 5) is 16.1. The van der Waals surface area contributed by atoms with Gasteiger partial charge in [0.2, 0.25) is 0 Å². The van der Waals surface area contributed by atoms with Crippen LogP contribution in [-0.2, 0) is 53.9 Å². The van der Waals surface area contributed by atoms with Crippen molar-refractivity contribution in [2.45, 2.75) is 279 Å². The lowest BCUT2D eigenvalue weighted by atomic mass is 9.65. The number of aromatic hydroxyl groups is 3. The molecule has 5 heteroatoms. The van der Waals surface area contributed by atoms with Crippen molar-refractivity contribution in [1.82, 2.24) is 0 Å². The number of esters is 1. The van der Waals surface area contributed by atoms with Crippen molar-refractivity contribution in [3.63, 3.8) is 0 Å². The predicted molar refractivity (Wildman–Crippen MR) is 292 cm³/mol. The number of carbonyl (C=O) groups is 1. The van der Waals surface area contributed by atoms with Crippen molar-refractivity contribution < 1.29 is 24.9 Å². The summed E-state index contributed by atoms with van der Waals surface area (Å²) < 4.78 is 6.68. The second-order valence-corrected chi connectivity index (χ2v) is 26.9. The summed E-state index contributed by atoms with van der Waals surface area (Å²) in [6.07, 6.45) is 20.5. The standard InChI is InChI=1S/C63H102O5/c1-20-21-22-23-24-25-26-27-28-29-30-31-32-33-34-35-36-68-56(67)63(45-39-49(59(8,9)10)54(65)50(40-45)60(11,12)13,46-41-51(61(14,15)16)55(66)52(42-46)62(17,18)19)43-44-37-47(57(2,3)4)53(64)48(38-44)58(5,6)7/h37-42,64-66H,20-36,43H2,1-19H3. The van der Waals surface area contributed by atoms with Gasteiger partial charge in [-0.3, -0.25) is 4.79 Å². The number of benzene rings is 3. The zero-order valence-electron chi connectivity index (χ0n) is 47.4. The van der Waals surface area contributed by atoms with E-state index in [0.717, 1.165) is 69.3 Å². The molecule has 0 saturated carbocycles. The predicted octanol–water partition coefficient (Wildman–Crippen LogP) is 17.9. The maximum Gasteiger partial charge on any atom is 0.321 e. The fourth-order valence-electron chi connectivity index (χ4n) is 9.91. The Balaban J connectivity index is 2.24. The topological polar surface area (TPSA) is 87.0 Å². The number of carbonyl (C=O) groups excluding carboxylic acids is 1. The molecule has 3 rings (SSSR count). The Morgan fingerprint density at radius 2 is 0.618 bits per heavy atom. The van der Waals surface area contributed by atoms with E-state index in [1.807, 2.05) is 0 Å². The first-order valence-corrected chi connectivity index (χ1v) is 27.0. The number of phenols is 3. The third kappa shape index (κ3) is 15.8. The van der Waals surface area contributed by atoms with Gasteiger partial charge in [-0.1, -0.05) is 264 Å². The highest BCUT2D eigenvalue weighted by Gasteiger charge is 2.48. The van der Waals surface area contributed by atoms with Crippen LogP contribution in [0.2, 0.25) is 0 Å². The van der Waals surface area contributed by atoms with Gasteiger partial charge in [-0.25, -0.2) is 0 Å². The van der Waals surface area contributed by atoms with Gasteiger partial charge in [0.15, 0.2) is 0 Å². The number of phenolic OH excluding ortho intramolecular Hbond substituents is 3. The second kappa shape index (κ2) is 23.6. The van der Waals surface area contributed by atoms with Crippen molar-refractivity contribution in [2.75, 3.05) is 6.61 Å². The van der Waals surface area contributed by atoms with Crippen molar-refractivity contribution >= 4 is 5.97 Å². The van der Waals surface area contributed by atoms with E-state index < -0.39 is 37.9 Å². The average Bonchev–Trinajstić information content (AvgIpc) is 3.19. The van der Waals surface area contributed by atoms with E-state index in [-0.39, 0.29) is 29.6 Å². The van der Waals surface area contributed by atoms with Gasteiger partial charge < -0.3 is 20.1 Å². The van der Waals surface area contributed by atoms with Gasteiger partial charge in [0.25, 0.3) is 0 Å². The van der Waals surface area contributed by atoms with Gasteiger partial charge in [0.1, 0.15) is 22.7 Å². The summed E-state index contributed by atoms with van der Waals surface area (Å²) in [7, 11) is 0. The molecule has 0 aromatic heterocycles. The van der Waals surface area contributed by atoms with Crippen LogP contribution in [0.4, 0.5) is 0 Å². The Morgan fingerprint density at radius 3 is 0.868 bits per heavy atom. The number of ether oxygens (including phenoxy) is 1. The zero-order valence-corrected chi connectivity index (χ0v) is 47.4. The number of rotatable bonds is 22. The molecule has 0 saturated heterocycles. The molecule has 0 aliphatic rings. The van der Waals surface area contributed by atoms with E-state index in [1.54, 1.807) is 0 Å². The summed E-state index contributed by atoms with van der Waals surface area (Å²) in [5, 5.41) is 36.3. The van der Waals surface area contributed by atoms with E-state index in [2.05, 4.69) is 168 Å². The van der Waals surface area contributed by atoms with E-state index in [1.165, 1.54) is 83.5 Å². The summed E-state index contributed by atoms with van der Waals surface area (Å²) in [6.45, 7) is 40.6. The largest absolute Gasteiger partial charge is 0.507 e. The normalized spacial score (nSPS) is 13.3. The van der Waals surface area contributed by atoms with E-state index in [9.17, 15) is 15.3 Å². The van der Waals surface area contributed by atoms with Gasteiger partial charge in [0, 0.05) is 0 Å². The molecular formula is C63H102O5. The highest BCUT2D eigenvalue weighted by molar-refractivity contribution is 5.89. The summed E-state index contributed by atoms with van der Waals surface area (Å²) in [5.41, 5.74) is 2.98. The molecule has 68 heavy (non-hydrogen) atoms. The van der Waals surface area contributed by atoms with Crippen LogP contribution < -0.4 is 0 Å². The molecule has 0 aliphatic heterocycles. The van der Waals surface area contributed by atoms with Crippen LogP contribution in [0.5, 0.6) is 17.2 Å². The van der Waals surface area contributed by atoms with Gasteiger partial charge >= 0.3 is 5.97 Å². The quantitative estimate of drug-likeness (QED) is 0.0690. The molecule has 3 N–H and O–H groups in total. The smallest absolute Gasteiger partial charge is 0.321 e. The molecule has 0 atom stereocenters. The van der Waals surface area contributed by atoms with Crippen molar-refractivity contribution in [1.29, 1.82) is 0 Å². The van der Waals surface area contributed by atoms with Crippen LogP contribution in [-0.4, -0.2) is 27.9 Å². The van der Waals surface area contributed by atoms with Crippen LogP contribution in [0.25, 0.3) is 0 Å². The average molecular weight is 940 g/mol. The summed E-state index contributed by atoms with van der Waals surface area (Å²) >= 11 is 0. The SMILES string of the molecule is CCCCCCCCCCCCCCCCCCOC(=O)C(Cc1cc(C(C)(C)C)c(O)c(C(C)(C)C)c1)(c1cc(C(C)(C)C)c(O)c(C(C)(C)C)c1)c1cc(C(C)(C)C)c(O)c(C(C)(C)C)c1. The first-order valence-electron chi connectivity index (χ1n) is 27.0. The molecule has 0 aliphatic carbocycles. The molecule has 0 heterocycles. The molecule has 3 aromatic carbocycles. The number of hydrogen-bond donors (Lipinski definition) is 3. The lowest BCUT2D eigenvalue weighted by Crippen LogP contribution is -2.42. The number of unbranched alkanes of at least 4 members (excludes halogenated alkanes) is 15. The molecule has 0 radical (unpaired) electrons. The first kappa shape index (κ1) is 58.8. The van der Waals surface area contributed by atoms with Crippen molar-refractivity contribution in [2.24, 2.45) is 0 Å². The molecular weight excluding hydrogens is 837 g/mol. The van der Waals surface area contributed by atoms with E-state index in [0.29, 0.717) is 6.61 Å². The molecule has 384 valence electrons. The Hall–Kier alpha value is -3.47. The molecule has 0 fully saturated rings. The Morgan fingerprint density at radius 1 is 0.382 bits per heavy atom. The molecule has 0 bridgehead atoms. The maximum atomic E-state index is 16.1. The third-order valence-electron chi connectivity index (χ3n) is 14.3. The fourth-order valence-corrected chi connectivity index (χ4v) is 9.91. The van der Waals surface area contributed by atoms with Gasteiger partial charge in [-0.2, -0.15) is 0 Å². The summed E-state index contributed by atoms with van der Waals surface area (Å²) in [6, 6.07) is 12.4. The van der Waals surface area contributed by atoms with Crippen LogP contribution in [0, 0.1) is 0 Å². The molecule has 0 amide bonds. The Bertz CT molecular complexity index is 1890. The Kier molecular flexibility index (Phi) is 20.4. The Labute approximate surface area is 418 Å². The zero-order chi connectivity index (χ0) is 51.7. The molecule has 0 unspecified atom stereocenters. The van der Waals surface area contributed by atoms with Gasteiger partial charge in [-0.15, -0.1) is 0 Å². The minimum absolute atomic E-state index is 0.229. The minimum atomic E-state index is -1.43. The van der Waals surface area contributed by atoms with Crippen LogP contribution >= 0.6 is 0 Å². The van der Waals surface area contributed by atoms with Crippen molar-refractivity contribution in [3.05, 3.63) is 86.5 Å². The second-order valence-electron chi connectivity index (χ2n) is 26.9. The summed E-state index contributed by atoms with van der Waals surface area (Å²) in [5.74, 6) is 0.428.